The van der Waals surface area contributed by atoms with Crippen LogP contribution in [0, 0.1) is 19.7 Å². The van der Waals surface area contributed by atoms with Crippen LogP contribution in [0.25, 0.3) is 0 Å². The molecule has 1 unspecified atom stereocenters. The summed E-state index contributed by atoms with van der Waals surface area (Å²) in [5, 5.41) is 10.2. The molecule has 0 saturated carbocycles. The lowest BCUT2D eigenvalue weighted by Crippen LogP contribution is -2.11. The largest absolute Gasteiger partial charge is 0.419 e. The molecule has 0 aliphatic carbocycles. The fourth-order valence-corrected chi connectivity index (χ4v) is 2.10. The quantitative estimate of drug-likeness (QED) is 0.852. The van der Waals surface area contributed by atoms with E-state index in [-0.39, 0.29) is 11.3 Å². The Kier molecular flexibility index (Phi) is 4.00. The number of aliphatic hydroxyl groups excluding tert-OH is 1. The molecule has 0 aliphatic rings. The third kappa shape index (κ3) is 3.21. The number of aliphatic hydroxyl groups is 1. The van der Waals surface area contributed by atoms with Crippen molar-refractivity contribution in [1.82, 2.24) is 4.98 Å². The van der Waals surface area contributed by atoms with E-state index in [1.54, 1.807) is 13.0 Å². The van der Waals surface area contributed by atoms with Gasteiger partial charge in [-0.25, -0.2) is 4.39 Å². The summed E-state index contributed by atoms with van der Waals surface area (Å²) in [6.45, 7) is 3.52. The second-order valence-corrected chi connectivity index (χ2v) is 4.85. The number of nitrogens with zero attached hydrogens (tertiary/aromatic N) is 1. The topological polar surface area (TPSA) is 33.1 Å². The van der Waals surface area contributed by atoms with E-state index in [1.165, 1.54) is 6.20 Å². The Bertz CT molecular complexity index is 667. The van der Waals surface area contributed by atoms with Crippen molar-refractivity contribution in [2.45, 2.75) is 26.1 Å². The summed E-state index contributed by atoms with van der Waals surface area (Å²) in [4.78, 5) is 4.04. The summed E-state index contributed by atoms with van der Waals surface area (Å²) in [6, 6.07) is 4.20. The van der Waals surface area contributed by atoms with Gasteiger partial charge < -0.3 is 5.11 Å². The molecular weight excluding hydrogens is 286 g/mol. The third-order valence-electron chi connectivity index (χ3n) is 3.13. The molecule has 1 aromatic heterocycles. The predicted molar refractivity (Wildman–Crippen MR) is 69.2 cm³/mol. The van der Waals surface area contributed by atoms with Crippen molar-refractivity contribution in [2.75, 3.05) is 0 Å². The Morgan fingerprint density at radius 1 is 1.14 bits per heavy atom. The van der Waals surface area contributed by atoms with Crippen molar-refractivity contribution in [3.8, 4) is 0 Å². The van der Waals surface area contributed by atoms with Crippen molar-refractivity contribution >= 4 is 0 Å². The molecule has 0 radical (unpaired) electrons. The van der Waals surface area contributed by atoms with E-state index in [0.717, 1.165) is 11.6 Å². The highest BCUT2D eigenvalue weighted by Gasteiger charge is 2.34. The number of benzene rings is 1. The zero-order valence-corrected chi connectivity index (χ0v) is 11.4. The first-order valence-electron chi connectivity index (χ1n) is 6.18. The number of alkyl halides is 3. The minimum absolute atomic E-state index is 0.0526. The summed E-state index contributed by atoms with van der Waals surface area (Å²) in [6.07, 6.45) is -4.64. The molecule has 1 N–H and O–H groups in total. The summed E-state index contributed by atoms with van der Waals surface area (Å²) < 4.78 is 51.3. The van der Waals surface area contributed by atoms with Gasteiger partial charge >= 0.3 is 6.18 Å². The molecule has 21 heavy (non-hydrogen) atoms. The maximum atomic E-state index is 13.2. The normalized spacial score (nSPS) is 13.3. The number of aryl methyl sites for hydroxylation is 2. The molecule has 112 valence electrons. The van der Waals surface area contributed by atoms with E-state index in [4.69, 9.17) is 0 Å². The molecule has 0 spiro atoms. The zero-order chi connectivity index (χ0) is 15.8. The molecule has 0 aliphatic heterocycles. The molecule has 0 saturated heterocycles. The lowest BCUT2D eigenvalue weighted by Gasteiger charge is -2.16. The SMILES string of the molecule is Cc1cnc(C(O)c2ccc(F)c(C(F)(F)F)c2)c(C)c1. The number of halogens is 4. The van der Waals surface area contributed by atoms with Gasteiger partial charge in [0, 0.05) is 6.20 Å². The molecule has 2 nitrogen and oxygen atoms in total. The Morgan fingerprint density at radius 2 is 1.81 bits per heavy atom. The number of rotatable bonds is 2. The van der Waals surface area contributed by atoms with Gasteiger partial charge in [0.25, 0.3) is 0 Å². The fraction of sp³-hybridized carbons (Fsp3) is 0.267. The lowest BCUT2D eigenvalue weighted by molar-refractivity contribution is -0.140. The van der Waals surface area contributed by atoms with Crippen LogP contribution in [0.15, 0.2) is 30.5 Å². The first kappa shape index (κ1) is 15.4. The second kappa shape index (κ2) is 5.44. The average Bonchev–Trinajstić information content (AvgIpc) is 2.37. The van der Waals surface area contributed by atoms with Crippen LogP contribution in [0.5, 0.6) is 0 Å². The van der Waals surface area contributed by atoms with Crippen molar-refractivity contribution in [2.24, 2.45) is 0 Å². The van der Waals surface area contributed by atoms with E-state index >= 15 is 0 Å². The standard InChI is InChI=1S/C15H13F4NO/c1-8-5-9(2)13(20-7-8)14(21)10-3-4-12(16)11(6-10)15(17,18)19/h3-7,14,21H,1-2H3. The minimum atomic E-state index is -4.81. The van der Waals surface area contributed by atoms with Crippen molar-refractivity contribution in [1.29, 1.82) is 0 Å². The summed E-state index contributed by atoms with van der Waals surface area (Å²) in [5.74, 6) is -1.37. The maximum Gasteiger partial charge on any atom is 0.419 e. The van der Waals surface area contributed by atoms with E-state index < -0.39 is 23.7 Å². The Balaban J connectivity index is 2.46. The molecule has 1 aromatic carbocycles. The maximum absolute atomic E-state index is 13.2. The Hall–Kier alpha value is -1.95. The van der Waals surface area contributed by atoms with Gasteiger partial charge in [-0.1, -0.05) is 12.1 Å². The molecule has 0 fully saturated rings. The van der Waals surface area contributed by atoms with Crippen LogP contribution in [0.4, 0.5) is 17.6 Å². The fourth-order valence-electron chi connectivity index (χ4n) is 2.10. The van der Waals surface area contributed by atoms with Gasteiger partial charge in [0.15, 0.2) is 0 Å². The highest BCUT2D eigenvalue weighted by atomic mass is 19.4. The first-order chi connectivity index (χ1) is 9.70. The monoisotopic (exact) mass is 299 g/mol. The van der Waals surface area contributed by atoms with Gasteiger partial charge in [0.1, 0.15) is 11.9 Å². The number of pyridine rings is 1. The molecule has 6 heteroatoms. The molecule has 0 amide bonds. The van der Waals surface area contributed by atoms with Gasteiger partial charge in [-0.15, -0.1) is 0 Å². The molecule has 1 atom stereocenters. The number of hydrogen-bond donors (Lipinski definition) is 1. The van der Waals surface area contributed by atoms with Crippen molar-refractivity contribution in [3.05, 3.63) is 64.2 Å². The lowest BCUT2D eigenvalue weighted by atomic mass is 9.99. The van der Waals surface area contributed by atoms with Gasteiger partial charge in [-0.2, -0.15) is 13.2 Å². The number of aromatic nitrogens is 1. The first-order valence-corrected chi connectivity index (χ1v) is 6.18. The molecular formula is C15H13F4NO. The van der Waals surface area contributed by atoms with E-state index in [2.05, 4.69) is 4.98 Å². The minimum Gasteiger partial charge on any atom is -0.382 e. The van der Waals surface area contributed by atoms with Crippen LogP contribution in [-0.2, 0) is 6.18 Å². The summed E-state index contributed by atoms with van der Waals surface area (Å²) in [7, 11) is 0. The van der Waals surface area contributed by atoms with E-state index in [9.17, 15) is 22.7 Å². The van der Waals surface area contributed by atoms with Crippen LogP contribution in [-0.4, -0.2) is 10.1 Å². The van der Waals surface area contributed by atoms with Crippen LogP contribution >= 0.6 is 0 Å². The van der Waals surface area contributed by atoms with Gasteiger partial charge in [0.2, 0.25) is 0 Å². The predicted octanol–water partition coefficient (Wildman–Crippen LogP) is 3.94. The second-order valence-electron chi connectivity index (χ2n) is 4.85. The van der Waals surface area contributed by atoms with Crippen LogP contribution in [0.3, 0.4) is 0 Å². The third-order valence-corrected chi connectivity index (χ3v) is 3.13. The van der Waals surface area contributed by atoms with Crippen LogP contribution < -0.4 is 0 Å². The van der Waals surface area contributed by atoms with Gasteiger partial charge in [-0.05, 0) is 42.7 Å². The van der Waals surface area contributed by atoms with Crippen LogP contribution in [0.2, 0.25) is 0 Å². The molecule has 2 aromatic rings. The highest BCUT2D eigenvalue weighted by Crippen LogP contribution is 2.34. The Labute approximate surface area is 119 Å². The van der Waals surface area contributed by atoms with E-state index in [1.807, 2.05) is 6.92 Å². The van der Waals surface area contributed by atoms with Gasteiger partial charge in [0.05, 0.1) is 11.3 Å². The molecule has 1 heterocycles. The summed E-state index contributed by atoms with van der Waals surface area (Å²) >= 11 is 0. The zero-order valence-electron chi connectivity index (χ0n) is 11.4. The van der Waals surface area contributed by atoms with Crippen LogP contribution in [0.1, 0.15) is 34.1 Å². The molecule has 0 bridgehead atoms. The van der Waals surface area contributed by atoms with E-state index in [0.29, 0.717) is 17.7 Å². The van der Waals surface area contributed by atoms with Crippen molar-refractivity contribution < 1.29 is 22.7 Å². The van der Waals surface area contributed by atoms with Gasteiger partial charge in [-0.3, -0.25) is 4.98 Å². The molecule has 2 rings (SSSR count). The summed E-state index contributed by atoms with van der Waals surface area (Å²) in [5.41, 5.74) is 0.325. The average molecular weight is 299 g/mol. The van der Waals surface area contributed by atoms with Crippen molar-refractivity contribution in [3.63, 3.8) is 0 Å². The smallest absolute Gasteiger partial charge is 0.382 e. The Morgan fingerprint density at radius 3 is 2.38 bits per heavy atom. The number of hydrogen-bond acceptors (Lipinski definition) is 2. The highest BCUT2D eigenvalue weighted by molar-refractivity contribution is 5.35.